The molecule has 6 heteroatoms. The van der Waals surface area contributed by atoms with E-state index in [1.54, 1.807) is 5.32 Å². The first-order valence-corrected chi connectivity index (χ1v) is 4.30. The number of nitrogens with one attached hydrogen (secondary N) is 1. The van der Waals surface area contributed by atoms with Gasteiger partial charge in [-0.25, -0.2) is 4.79 Å². The molecule has 1 unspecified atom stereocenters. The molecule has 0 aliphatic carbocycles. The molecule has 1 amide bonds. The van der Waals surface area contributed by atoms with Gasteiger partial charge in [-0.2, -0.15) is 8.78 Å². The average molecular weight is 209 g/mol. The van der Waals surface area contributed by atoms with Gasteiger partial charge in [-0.1, -0.05) is 19.8 Å². The van der Waals surface area contributed by atoms with Gasteiger partial charge < -0.3 is 10.4 Å². The van der Waals surface area contributed by atoms with Crippen molar-refractivity contribution < 1.29 is 23.5 Å². The van der Waals surface area contributed by atoms with Crippen LogP contribution in [-0.4, -0.2) is 29.5 Å². The maximum Gasteiger partial charge on any atom is 0.326 e. The van der Waals surface area contributed by atoms with E-state index in [1.807, 2.05) is 6.92 Å². The van der Waals surface area contributed by atoms with E-state index in [0.717, 1.165) is 6.42 Å². The molecule has 1 atom stereocenters. The number of unbranched alkanes of at least 4 members (excludes halogenated alkanes) is 1. The van der Waals surface area contributed by atoms with Crippen LogP contribution in [0.4, 0.5) is 8.78 Å². The van der Waals surface area contributed by atoms with Gasteiger partial charge in [-0.15, -0.1) is 0 Å². The van der Waals surface area contributed by atoms with Crippen molar-refractivity contribution in [3.05, 3.63) is 0 Å². The predicted octanol–water partition coefficient (Wildman–Crippen LogP) is 1.01. The van der Waals surface area contributed by atoms with Crippen LogP contribution in [0, 0.1) is 0 Å². The largest absolute Gasteiger partial charge is 0.480 e. The fourth-order valence-corrected chi connectivity index (χ4v) is 0.900. The van der Waals surface area contributed by atoms with Crippen molar-refractivity contribution in [1.29, 1.82) is 0 Å². The smallest absolute Gasteiger partial charge is 0.326 e. The van der Waals surface area contributed by atoms with Gasteiger partial charge in [0.05, 0.1) is 0 Å². The third kappa shape index (κ3) is 4.74. The zero-order chi connectivity index (χ0) is 11.1. The lowest BCUT2D eigenvalue weighted by Gasteiger charge is -2.13. The van der Waals surface area contributed by atoms with Crippen LogP contribution in [-0.2, 0) is 9.59 Å². The highest BCUT2D eigenvalue weighted by Gasteiger charge is 2.23. The number of alkyl halides is 2. The van der Waals surface area contributed by atoms with Crippen molar-refractivity contribution in [2.45, 2.75) is 38.7 Å². The lowest BCUT2D eigenvalue weighted by Crippen LogP contribution is -2.43. The minimum Gasteiger partial charge on any atom is -0.480 e. The Hall–Kier alpha value is -1.20. The van der Waals surface area contributed by atoms with Gasteiger partial charge in [-0.05, 0) is 6.42 Å². The second kappa shape index (κ2) is 6.28. The summed E-state index contributed by atoms with van der Waals surface area (Å²) in [6, 6.07) is -1.21. The Kier molecular flexibility index (Phi) is 5.74. The van der Waals surface area contributed by atoms with Crippen LogP contribution in [0.1, 0.15) is 26.2 Å². The summed E-state index contributed by atoms with van der Waals surface area (Å²) >= 11 is 0. The second-order valence-electron chi connectivity index (χ2n) is 2.84. The molecule has 0 radical (unpaired) electrons. The lowest BCUT2D eigenvalue weighted by molar-refractivity contribution is -0.144. The van der Waals surface area contributed by atoms with Crippen molar-refractivity contribution in [2.75, 3.05) is 0 Å². The molecule has 4 nitrogen and oxygen atoms in total. The van der Waals surface area contributed by atoms with E-state index in [1.165, 1.54) is 0 Å². The van der Waals surface area contributed by atoms with Crippen LogP contribution in [0.25, 0.3) is 0 Å². The first kappa shape index (κ1) is 12.8. The average Bonchev–Trinajstić information content (AvgIpc) is 2.10. The van der Waals surface area contributed by atoms with Crippen molar-refractivity contribution in [3.8, 4) is 0 Å². The van der Waals surface area contributed by atoms with Gasteiger partial charge in [-0.3, -0.25) is 4.79 Å². The molecule has 2 N–H and O–H groups in total. The maximum absolute atomic E-state index is 11.8. The summed E-state index contributed by atoms with van der Waals surface area (Å²) < 4.78 is 23.5. The predicted molar refractivity (Wildman–Crippen MR) is 45.1 cm³/mol. The van der Waals surface area contributed by atoms with Gasteiger partial charge in [0.1, 0.15) is 6.04 Å². The molecule has 0 aromatic heterocycles. The van der Waals surface area contributed by atoms with E-state index in [2.05, 4.69) is 0 Å². The summed E-state index contributed by atoms with van der Waals surface area (Å²) in [5.41, 5.74) is 0. The summed E-state index contributed by atoms with van der Waals surface area (Å²) in [5, 5.41) is 10.3. The van der Waals surface area contributed by atoms with Gasteiger partial charge >= 0.3 is 12.4 Å². The molecule has 0 aromatic carbocycles. The van der Waals surface area contributed by atoms with Gasteiger partial charge in [0.2, 0.25) is 0 Å². The quantitative estimate of drug-likeness (QED) is 0.686. The number of aliphatic carboxylic acids is 1. The first-order chi connectivity index (χ1) is 6.49. The molecular weight excluding hydrogens is 196 g/mol. The number of carboxylic acid groups (broad SMARTS) is 1. The van der Waals surface area contributed by atoms with Crippen molar-refractivity contribution in [1.82, 2.24) is 5.32 Å². The van der Waals surface area contributed by atoms with Gasteiger partial charge in [0, 0.05) is 0 Å². The maximum atomic E-state index is 11.8. The molecule has 0 saturated heterocycles. The first-order valence-electron chi connectivity index (χ1n) is 4.30. The fourth-order valence-electron chi connectivity index (χ4n) is 0.900. The molecule has 0 aliphatic heterocycles. The Bertz CT molecular complexity index is 209. The SMILES string of the molecule is CCCCC(NC(=O)C(F)F)C(=O)O. The number of amides is 1. The third-order valence-electron chi connectivity index (χ3n) is 1.66. The van der Waals surface area contributed by atoms with E-state index >= 15 is 0 Å². The standard InChI is InChI=1S/C8H13F2NO3/c1-2-3-4-5(8(13)14)11-7(12)6(9)10/h5-6H,2-4H2,1H3,(H,11,12)(H,13,14). The lowest BCUT2D eigenvalue weighted by atomic mass is 10.1. The Balaban J connectivity index is 4.09. The summed E-state index contributed by atoms with van der Waals surface area (Å²) in [7, 11) is 0. The Morgan fingerprint density at radius 2 is 2.00 bits per heavy atom. The molecule has 0 spiro atoms. The topological polar surface area (TPSA) is 66.4 Å². The number of rotatable bonds is 6. The van der Waals surface area contributed by atoms with E-state index in [0.29, 0.717) is 6.42 Å². The number of hydrogen-bond acceptors (Lipinski definition) is 2. The molecule has 0 bridgehead atoms. The molecule has 0 aliphatic rings. The van der Waals surface area contributed by atoms with Crippen LogP contribution < -0.4 is 5.32 Å². The van der Waals surface area contributed by atoms with E-state index in [4.69, 9.17) is 5.11 Å². The van der Waals surface area contributed by atoms with E-state index in [-0.39, 0.29) is 6.42 Å². The number of halogens is 2. The zero-order valence-corrected chi connectivity index (χ0v) is 7.80. The highest BCUT2D eigenvalue weighted by molar-refractivity contribution is 5.85. The third-order valence-corrected chi connectivity index (χ3v) is 1.66. The van der Waals surface area contributed by atoms with Crippen LogP contribution in [0.15, 0.2) is 0 Å². The number of carbonyl (C=O) groups is 2. The van der Waals surface area contributed by atoms with Crippen LogP contribution in [0.5, 0.6) is 0 Å². The van der Waals surface area contributed by atoms with Crippen molar-refractivity contribution in [3.63, 3.8) is 0 Å². The molecular formula is C8H13F2NO3. The Morgan fingerprint density at radius 1 is 1.43 bits per heavy atom. The van der Waals surface area contributed by atoms with Crippen LogP contribution >= 0.6 is 0 Å². The highest BCUT2D eigenvalue weighted by Crippen LogP contribution is 2.02. The summed E-state index contributed by atoms with van der Waals surface area (Å²) in [4.78, 5) is 21.0. The fraction of sp³-hybridized carbons (Fsp3) is 0.750. The number of hydrogen-bond donors (Lipinski definition) is 2. The molecule has 82 valence electrons. The monoisotopic (exact) mass is 209 g/mol. The van der Waals surface area contributed by atoms with E-state index < -0.39 is 24.3 Å². The number of carbonyl (C=O) groups excluding carboxylic acids is 1. The Morgan fingerprint density at radius 3 is 2.36 bits per heavy atom. The molecule has 14 heavy (non-hydrogen) atoms. The molecule has 0 rings (SSSR count). The zero-order valence-electron chi connectivity index (χ0n) is 7.80. The highest BCUT2D eigenvalue weighted by atomic mass is 19.3. The molecule has 0 aromatic rings. The number of carboxylic acids is 1. The normalized spacial score (nSPS) is 12.6. The van der Waals surface area contributed by atoms with E-state index in [9.17, 15) is 18.4 Å². The molecule has 0 fully saturated rings. The second-order valence-corrected chi connectivity index (χ2v) is 2.84. The van der Waals surface area contributed by atoms with Crippen molar-refractivity contribution >= 4 is 11.9 Å². The van der Waals surface area contributed by atoms with Crippen molar-refractivity contribution in [2.24, 2.45) is 0 Å². The van der Waals surface area contributed by atoms with Crippen LogP contribution in [0.3, 0.4) is 0 Å². The Labute approximate surface area is 80.3 Å². The summed E-state index contributed by atoms with van der Waals surface area (Å²) in [6.07, 6.45) is -1.68. The summed E-state index contributed by atoms with van der Waals surface area (Å²) in [6.45, 7) is 1.84. The van der Waals surface area contributed by atoms with Gasteiger partial charge in [0.15, 0.2) is 0 Å². The minimum atomic E-state index is -3.17. The minimum absolute atomic E-state index is 0.171. The van der Waals surface area contributed by atoms with Gasteiger partial charge in [0.25, 0.3) is 5.91 Å². The molecule has 0 saturated carbocycles. The van der Waals surface area contributed by atoms with Crippen LogP contribution in [0.2, 0.25) is 0 Å². The molecule has 0 heterocycles. The summed E-state index contributed by atoms with van der Waals surface area (Å²) in [5.74, 6) is -2.82.